The van der Waals surface area contributed by atoms with Crippen molar-refractivity contribution in [3.8, 4) is 22.3 Å². The summed E-state index contributed by atoms with van der Waals surface area (Å²) in [5, 5.41) is 10.0. The van der Waals surface area contributed by atoms with Gasteiger partial charge in [0.25, 0.3) is 0 Å². The van der Waals surface area contributed by atoms with Crippen LogP contribution >= 0.6 is 0 Å². The predicted octanol–water partition coefficient (Wildman–Crippen LogP) is 10.4. The van der Waals surface area contributed by atoms with Gasteiger partial charge in [0.1, 0.15) is 11.2 Å². The first-order valence-electron chi connectivity index (χ1n) is 12.7. The maximum Gasteiger partial charge on any atom is 0.135 e. The van der Waals surface area contributed by atoms with Crippen LogP contribution in [0.5, 0.6) is 0 Å². The molecule has 7 aromatic carbocycles. The van der Waals surface area contributed by atoms with Gasteiger partial charge in [-0.25, -0.2) is 0 Å². The Kier molecular flexibility index (Phi) is 4.29. The van der Waals surface area contributed by atoms with Crippen LogP contribution in [0.2, 0.25) is 0 Å². The summed E-state index contributed by atoms with van der Waals surface area (Å²) in [4.78, 5) is 0. The zero-order chi connectivity index (χ0) is 24.3. The van der Waals surface area contributed by atoms with E-state index in [0.717, 1.165) is 21.9 Å². The third-order valence-electron chi connectivity index (χ3n) is 7.67. The summed E-state index contributed by atoms with van der Waals surface area (Å²) in [5.41, 5.74) is 6.72. The van der Waals surface area contributed by atoms with Gasteiger partial charge >= 0.3 is 0 Å². The molecule has 1 heteroatoms. The first-order chi connectivity index (χ1) is 18.3. The normalized spacial score (nSPS) is 11.8. The molecule has 1 heterocycles. The van der Waals surface area contributed by atoms with Crippen LogP contribution in [-0.2, 0) is 0 Å². The van der Waals surface area contributed by atoms with Crippen molar-refractivity contribution in [2.45, 2.75) is 0 Å². The van der Waals surface area contributed by atoms with Gasteiger partial charge in [-0.3, -0.25) is 0 Å². The molecular weight excluding hydrogens is 448 g/mol. The molecule has 37 heavy (non-hydrogen) atoms. The molecule has 0 aliphatic heterocycles. The van der Waals surface area contributed by atoms with E-state index in [4.69, 9.17) is 4.42 Å². The van der Waals surface area contributed by atoms with E-state index in [0.29, 0.717) is 0 Å². The van der Waals surface area contributed by atoms with Gasteiger partial charge in [-0.1, -0.05) is 109 Å². The van der Waals surface area contributed by atoms with Crippen LogP contribution in [0.4, 0.5) is 0 Å². The lowest BCUT2D eigenvalue weighted by atomic mass is 9.91. The van der Waals surface area contributed by atoms with Gasteiger partial charge < -0.3 is 4.42 Å². The summed E-state index contributed by atoms with van der Waals surface area (Å²) >= 11 is 0. The van der Waals surface area contributed by atoms with Crippen molar-refractivity contribution in [1.82, 2.24) is 0 Å². The number of para-hydroxylation sites is 1. The maximum absolute atomic E-state index is 6.07. The molecule has 0 fully saturated rings. The second-order valence-corrected chi connectivity index (χ2v) is 9.74. The highest BCUT2D eigenvalue weighted by molar-refractivity contribution is 6.17. The van der Waals surface area contributed by atoms with E-state index >= 15 is 0 Å². The summed E-state index contributed by atoms with van der Waals surface area (Å²) in [6, 6.07) is 48.0. The summed E-state index contributed by atoms with van der Waals surface area (Å²) in [5.74, 6) is 0. The molecule has 8 rings (SSSR count). The highest BCUT2D eigenvalue weighted by atomic mass is 16.3. The molecule has 0 bridgehead atoms. The van der Waals surface area contributed by atoms with E-state index in [1.807, 2.05) is 12.1 Å². The molecule has 0 saturated heterocycles. The summed E-state index contributed by atoms with van der Waals surface area (Å²) < 4.78 is 6.07. The molecule has 0 atom stereocenters. The lowest BCUT2D eigenvalue weighted by molar-refractivity contribution is 0.669. The molecule has 1 nitrogen and oxygen atoms in total. The van der Waals surface area contributed by atoms with E-state index < -0.39 is 0 Å². The second-order valence-electron chi connectivity index (χ2n) is 9.74. The standard InChI is InChI=1S/C36H22O/c1-2-8-27-23(7-1)13-18-32-30-17-14-24(21-25(30)15-19-31(27)32)28-9-3-4-10-29(28)26-16-20-36-34(22-26)33-11-5-6-12-35(33)37-36/h1-22H. The lowest BCUT2D eigenvalue weighted by Gasteiger charge is -2.13. The Hall–Kier alpha value is -4.88. The number of hydrogen-bond acceptors (Lipinski definition) is 1. The zero-order valence-corrected chi connectivity index (χ0v) is 20.1. The lowest BCUT2D eigenvalue weighted by Crippen LogP contribution is -1.86. The molecule has 0 aliphatic rings. The van der Waals surface area contributed by atoms with Gasteiger partial charge in [0.15, 0.2) is 0 Å². The smallest absolute Gasteiger partial charge is 0.135 e. The van der Waals surface area contributed by atoms with Gasteiger partial charge in [0, 0.05) is 10.8 Å². The largest absolute Gasteiger partial charge is 0.456 e. The topological polar surface area (TPSA) is 13.1 Å². The predicted molar refractivity (Wildman–Crippen MR) is 157 cm³/mol. The van der Waals surface area contributed by atoms with E-state index in [1.54, 1.807) is 0 Å². The van der Waals surface area contributed by atoms with Crippen molar-refractivity contribution in [3.05, 3.63) is 133 Å². The first kappa shape index (κ1) is 20.3. The molecular formula is C36H22O. The summed E-state index contributed by atoms with van der Waals surface area (Å²) in [7, 11) is 0. The molecule has 172 valence electrons. The van der Waals surface area contributed by atoms with Crippen LogP contribution in [0.15, 0.2) is 138 Å². The minimum atomic E-state index is 0.924. The number of rotatable bonds is 2. The maximum atomic E-state index is 6.07. The fourth-order valence-corrected chi connectivity index (χ4v) is 5.88. The van der Waals surface area contributed by atoms with Crippen LogP contribution in [0.3, 0.4) is 0 Å². The summed E-state index contributed by atoms with van der Waals surface area (Å²) in [6.45, 7) is 0. The zero-order valence-electron chi connectivity index (χ0n) is 20.1. The molecule has 0 saturated carbocycles. The highest BCUT2D eigenvalue weighted by Gasteiger charge is 2.12. The average molecular weight is 471 g/mol. The fraction of sp³-hybridized carbons (Fsp3) is 0. The van der Waals surface area contributed by atoms with Crippen LogP contribution in [-0.4, -0.2) is 0 Å². The van der Waals surface area contributed by atoms with Crippen molar-refractivity contribution in [2.24, 2.45) is 0 Å². The molecule has 1 aromatic heterocycles. The third-order valence-corrected chi connectivity index (χ3v) is 7.67. The van der Waals surface area contributed by atoms with Crippen molar-refractivity contribution >= 4 is 54.3 Å². The minimum absolute atomic E-state index is 0.924. The van der Waals surface area contributed by atoms with E-state index in [1.165, 1.54) is 54.6 Å². The van der Waals surface area contributed by atoms with Gasteiger partial charge in [-0.2, -0.15) is 0 Å². The Morgan fingerprint density at radius 1 is 0.324 bits per heavy atom. The van der Waals surface area contributed by atoms with Crippen molar-refractivity contribution in [3.63, 3.8) is 0 Å². The van der Waals surface area contributed by atoms with Crippen LogP contribution in [0.25, 0.3) is 76.5 Å². The monoisotopic (exact) mass is 470 g/mol. The van der Waals surface area contributed by atoms with Gasteiger partial charge in [0.2, 0.25) is 0 Å². The molecule has 0 unspecified atom stereocenters. The Balaban J connectivity index is 1.30. The quantitative estimate of drug-likeness (QED) is 0.229. The van der Waals surface area contributed by atoms with Crippen LogP contribution < -0.4 is 0 Å². The molecule has 0 radical (unpaired) electrons. The Morgan fingerprint density at radius 3 is 1.73 bits per heavy atom. The Labute approximate surface area is 214 Å². The SMILES string of the molecule is c1ccc(-c2ccc3oc4ccccc4c3c2)c(-c2ccc3c(ccc4c5ccccc5ccc34)c2)c1. The first-order valence-corrected chi connectivity index (χ1v) is 12.7. The van der Waals surface area contributed by atoms with Gasteiger partial charge in [-0.15, -0.1) is 0 Å². The van der Waals surface area contributed by atoms with Gasteiger partial charge in [-0.05, 0) is 78.8 Å². The van der Waals surface area contributed by atoms with Crippen molar-refractivity contribution in [2.75, 3.05) is 0 Å². The molecule has 0 aliphatic carbocycles. The van der Waals surface area contributed by atoms with E-state index in [-0.39, 0.29) is 0 Å². The van der Waals surface area contributed by atoms with E-state index in [9.17, 15) is 0 Å². The average Bonchev–Trinajstić information content (AvgIpc) is 3.34. The number of benzene rings is 7. The third kappa shape index (κ3) is 3.11. The second kappa shape index (κ2) is 7.81. The van der Waals surface area contributed by atoms with Crippen LogP contribution in [0.1, 0.15) is 0 Å². The number of hydrogen-bond donors (Lipinski definition) is 0. The van der Waals surface area contributed by atoms with Gasteiger partial charge in [0.05, 0.1) is 0 Å². The fourth-order valence-electron chi connectivity index (χ4n) is 5.88. The molecule has 8 aromatic rings. The van der Waals surface area contributed by atoms with Crippen molar-refractivity contribution < 1.29 is 4.42 Å². The Morgan fingerprint density at radius 2 is 0.892 bits per heavy atom. The minimum Gasteiger partial charge on any atom is -0.456 e. The molecule has 0 N–H and O–H groups in total. The van der Waals surface area contributed by atoms with E-state index in [2.05, 4.69) is 121 Å². The number of furan rings is 1. The summed E-state index contributed by atoms with van der Waals surface area (Å²) in [6.07, 6.45) is 0. The van der Waals surface area contributed by atoms with Crippen molar-refractivity contribution in [1.29, 1.82) is 0 Å². The molecule has 0 amide bonds. The van der Waals surface area contributed by atoms with Crippen LogP contribution in [0, 0.1) is 0 Å². The highest BCUT2D eigenvalue weighted by Crippen LogP contribution is 2.38. The Bertz CT molecular complexity index is 2140. The molecule has 0 spiro atoms. The number of fused-ring (bicyclic) bond motifs is 8.